The SMILES string of the molecule is Cc1cc(Oc2nccc3occc23)ccc1-c1c(C)ncnc1N1Cc2cccnc2C1. The molecule has 0 radical (unpaired) electrons. The van der Waals surface area contributed by atoms with E-state index in [1.54, 1.807) is 18.8 Å². The van der Waals surface area contributed by atoms with E-state index in [0.29, 0.717) is 11.6 Å². The molecule has 0 amide bonds. The Bertz CT molecular complexity index is 1470. The van der Waals surface area contributed by atoms with E-state index in [1.165, 1.54) is 5.56 Å². The Morgan fingerprint density at radius 1 is 0.939 bits per heavy atom. The Kier molecular flexibility index (Phi) is 4.54. The van der Waals surface area contributed by atoms with Gasteiger partial charge in [0.25, 0.3) is 0 Å². The van der Waals surface area contributed by atoms with E-state index < -0.39 is 0 Å². The van der Waals surface area contributed by atoms with Crippen LogP contribution in [0.15, 0.2) is 71.9 Å². The lowest BCUT2D eigenvalue weighted by Gasteiger charge is -2.22. The molecule has 1 aromatic carbocycles. The smallest absolute Gasteiger partial charge is 0.230 e. The zero-order valence-corrected chi connectivity index (χ0v) is 18.3. The molecule has 0 atom stereocenters. The van der Waals surface area contributed by atoms with E-state index in [-0.39, 0.29) is 0 Å². The fourth-order valence-electron chi connectivity index (χ4n) is 4.41. The normalized spacial score (nSPS) is 12.8. The number of aryl methyl sites for hydroxylation is 2. The predicted octanol–water partition coefficient (Wildman–Crippen LogP) is 5.61. The molecule has 0 aliphatic carbocycles. The Hall–Kier alpha value is -4.26. The molecule has 1 aliphatic rings. The van der Waals surface area contributed by atoms with Gasteiger partial charge in [-0.1, -0.05) is 12.1 Å². The molecule has 5 aromatic rings. The van der Waals surface area contributed by atoms with Gasteiger partial charge in [-0.05, 0) is 60.9 Å². The Labute approximate surface area is 190 Å². The van der Waals surface area contributed by atoms with Crippen LogP contribution in [0.5, 0.6) is 11.6 Å². The quantitative estimate of drug-likeness (QED) is 0.363. The summed E-state index contributed by atoms with van der Waals surface area (Å²) in [6.45, 7) is 5.62. The maximum absolute atomic E-state index is 6.10. The van der Waals surface area contributed by atoms with Crippen LogP contribution in [0.1, 0.15) is 22.5 Å². The third kappa shape index (κ3) is 3.38. The van der Waals surface area contributed by atoms with Gasteiger partial charge in [0.15, 0.2) is 0 Å². The summed E-state index contributed by atoms with van der Waals surface area (Å²) in [7, 11) is 0. The molecule has 162 valence electrons. The number of anilines is 1. The van der Waals surface area contributed by atoms with Crippen LogP contribution >= 0.6 is 0 Å². The highest BCUT2D eigenvalue weighted by molar-refractivity contribution is 5.83. The summed E-state index contributed by atoms with van der Waals surface area (Å²) in [5.41, 5.74) is 7.20. The first-order valence-electron chi connectivity index (χ1n) is 10.8. The Morgan fingerprint density at radius 3 is 2.76 bits per heavy atom. The highest BCUT2D eigenvalue weighted by Crippen LogP contribution is 2.38. The molecule has 0 fully saturated rings. The van der Waals surface area contributed by atoms with Crippen molar-refractivity contribution in [3.8, 4) is 22.8 Å². The number of fused-ring (bicyclic) bond motifs is 2. The Morgan fingerprint density at radius 2 is 1.88 bits per heavy atom. The summed E-state index contributed by atoms with van der Waals surface area (Å²) in [5, 5.41) is 0.844. The highest BCUT2D eigenvalue weighted by Gasteiger charge is 2.25. The van der Waals surface area contributed by atoms with Gasteiger partial charge in [0, 0.05) is 24.5 Å². The standard InChI is InChI=1S/C26H21N5O2/c1-16-12-19(33-26-21-8-11-32-23(21)7-10-28-26)5-6-20(16)24-17(2)29-15-30-25(24)31-13-18-4-3-9-27-22(18)14-31/h3-12,15H,13-14H2,1-2H3. The van der Waals surface area contributed by atoms with Crippen LogP contribution in [-0.2, 0) is 13.1 Å². The van der Waals surface area contributed by atoms with Crippen molar-refractivity contribution in [2.45, 2.75) is 26.9 Å². The van der Waals surface area contributed by atoms with Crippen molar-refractivity contribution in [3.05, 3.63) is 90.0 Å². The van der Waals surface area contributed by atoms with E-state index in [0.717, 1.165) is 58.0 Å². The molecule has 0 unspecified atom stereocenters. The molecule has 0 N–H and O–H groups in total. The summed E-state index contributed by atoms with van der Waals surface area (Å²) >= 11 is 0. The molecule has 7 heteroatoms. The van der Waals surface area contributed by atoms with E-state index in [4.69, 9.17) is 9.15 Å². The van der Waals surface area contributed by atoms with Crippen LogP contribution in [0.25, 0.3) is 22.1 Å². The molecule has 0 saturated heterocycles. The molecule has 0 bridgehead atoms. The number of ether oxygens (including phenoxy) is 1. The lowest BCUT2D eigenvalue weighted by Crippen LogP contribution is -2.18. The minimum atomic E-state index is 0.524. The van der Waals surface area contributed by atoms with Crippen molar-refractivity contribution in [1.29, 1.82) is 0 Å². The number of rotatable bonds is 4. The molecular weight excluding hydrogens is 414 g/mol. The number of furan rings is 1. The van der Waals surface area contributed by atoms with Crippen molar-refractivity contribution >= 4 is 16.8 Å². The number of nitrogens with zero attached hydrogens (tertiary/aromatic N) is 5. The van der Waals surface area contributed by atoms with E-state index in [9.17, 15) is 0 Å². The van der Waals surface area contributed by atoms with Gasteiger partial charge >= 0.3 is 0 Å². The second-order valence-electron chi connectivity index (χ2n) is 8.15. The van der Waals surface area contributed by atoms with Crippen LogP contribution in [0.3, 0.4) is 0 Å². The fourth-order valence-corrected chi connectivity index (χ4v) is 4.41. The van der Waals surface area contributed by atoms with E-state index in [1.807, 2.05) is 43.5 Å². The van der Waals surface area contributed by atoms with Gasteiger partial charge in [0.2, 0.25) is 5.88 Å². The van der Waals surface area contributed by atoms with Crippen LogP contribution in [0.4, 0.5) is 5.82 Å². The summed E-state index contributed by atoms with van der Waals surface area (Å²) in [6, 6.07) is 13.8. The van der Waals surface area contributed by atoms with Gasteiger partial charge in [-0.2, -0.15) is 0 Å². The lowest BCUT2D eigenvalue weighted by molar-refractivity contribution is 0.468. The number of hydrogen-bond acceptors (Lipinski definition) is 7. The first kappa shape index (κ1) is 19.4. The second-order valence-corrected chi connectivity index (χ2v) is 8.15. The number of pyridine rings is 2. The summed E-state index contributed by atoms with van der Waals surface area (Å²) < 4.78 is 11.6. The predicted molar refractivity (Wildman–Crippen MR) is 125 cm³/mol. The third-order valence-corrected chi connectivity index (χ3v) is 6.03. The maximum atomic E-state index is 6.10. The minimum absolute atomic E-state index is 0.524. The van der Waals surface area contributed by atoms with Crippen LogP contribution in [-0.4, -0.2) is 19.9 Å². The van der Waals surface area contributed by atoms with Gasteiger partial charge in [-0.15, -0.1) is 0 Å². The van der Waals surface area contributed by atoms with Crippen molar-refractivity contribution in [2.75, 3.05) is 4.90 Å². The Balaban J connectivity index is 1.36. The second kappa shape index (κ2) is 7.70. The van der Waals surface area contributed by atoms with Gasteiger partial charge in [0.1, 0.15) is 23.5 Å². The van der Waals surface area contributed by atoms with Crippen LogP contribution in [0.2, 0.25) is 0 Å². The summed E-state index contributed by atoms with van der Waals surface area (Å²) in [4.78, 5) is 20.3. The minimum Gasteiger partial charge on any atom is -0.464 e. The summed E-state index contributed by atoms with van der Waals surface area (Å²) in [6.07, 6.45) is 6.80. The molecule has 0 spiro atoms. The van der Waals surface area contributed by atoms with Crippen LogP contribution in [0, 0.1) is 13.8 Å². The fraction of sp³-hybridized carbons (Fsp3) is 0.154. The molecular formula is C26H21N5O2. The molecule has 6 rings (SSSR count). The summed E-state index contributed by atoms with van der Waals surface area (Å²) in [5.74, 6) is 2.16. The van der Waals surface area contributed by atoms with Crippen molar-refractivity contribution in [1.82, 2.24) is 19.9 Å². The molecule has 1 aliphatic heterocycles. The van der Waals surface area contributed by atoms with E-state index in [2.05, 4.69) is 43.9 Å². The van der Waals surface area contributed by atoms with E-state index >= 15 is 0 Å². The molecule has 33 heavy (non-hydrogen) atoms. The van der Waals surface area contributed by atoms with Gasteiger partial charge < -0.3 is 14.1 Å². The molecule has 4 aromatic heterocycles. The van der Waals surface area contributed by atoms with Crippen molar-refractivity contribution in [2.24, 2.45) is 0 Å². The van der Waals surface area contributed by atoms with Gasteiger partial charge in [0.05, 0.1) is 29.6 Å². The average Bonchev–Trinajstić information content (AvgIpc) is 3.47. The number of aromatic nitrogens is 4. The number of hydrogen-bond donors (Lipinski definition) is 0. The van der Waals surface area contributed by atoms with Gasteiger partial charge in [-0.3, -0.25) is 4.98 Å². The largest absolute Gasteiger partial charge is 0.464 e. The maximum Gasteiger partial charge on any atom is 0.230 e. The first-order valence-corrected chi connectivity index (χ1v) is 10.8. The molecule has 7 nitrogen and oxygen atoms in total. The number of benzene rings is 1. The molecule has 0 saturated carbocycles. The van der Waals surface area contributed by atoms with Crippen molar-refractivity contribution < 1.29 is 9.15 Å². The van der Waals surface area contributed by atoms with Gasteiger partial charge in [-0.25, -0.2) is 15.0 Å². The monoisotopic (exact) mass is 435 g/mol. The lowest BCUT2D eigenvalue weighted by atomic mass is 9.99. The average molecular weight is 435 g/mol. The zero-order chi connectivity index (χ0) is 22.4. The topological polar surface area (TPSA) is 77.2 Å². The van der Waals surface area contributed by atoms with Crippen LogP contribution < -0.4 is 9.64 Å². The van der Waals surface area contributed by atoms with Crippen molar-refractivity contribution in [3.63, 3.8) is 0 Å². The molecule has 5 heterocycles. The highest BCUT2D eigenvalue weighted by atomic mass is 16.5. The zero-order valence-electron chi connectivity index (χ0n) is 18.3. The first-order chi connectivity index (χ1) is 16.2. The third-order valence-electron chi connectivity index (χ3n) is 6.03.